The van der Waals surface area contributed by atoms with E-state index in [-0.39, 0.29) is 41.1 Å². The van der Waals surface area contributed by atoms with E-state index in [2.05, 4.69) is 10.1 Å². The summed E-state index contributed by atoms with van der Waals surface area (Å²) >= 11 is 0. The molecule has 0 amide bonds. The van der Waals surface area contributed by atoms with Crippen LogP contribution >= 0.6 is 0 Å². The average molecular weight is 407 g/mol. The van der Waals surface area contributed by atoms with Gasteiger partial charge in [-0.05, 0) is 18.2 Å². The third kappa shape index (κ3) is 3.46. The van der Waals surface area contributed by atoms with E-state index >= 15 is 0 Å². The second-order valence-corrected chi connectivity index (χ2v) is 6.28. The molecule has 4 rings (SSSR count). The van der Waals surface area contributed by atoms with Crippen molar-refractivity contribution < 1.29 is 14.4 Å². The van der Waals surface area contributed by atoms with Gasteiger partial charge in [-0.3, -0.25) is 19.5 Å². The summed E-state index contributed by atoms with van der Waals surface area (Å²) in [5.41, 5.74) is 0.0463. The van der Waals surface area contributed by atoms with Gasteiger partial charge < -0.3 is 9.47 Å². The second kappa shape index (κ2) is 8.03. The van der Waals surface area contributed by atoms with Crippen LogP contribution in [0, 0.1) is 10.1 Å². The number of para-hydroxylation sites is 4. The predicted octanol–water partition coefficient (Wildman–Crippen LogP) is 2.58. The maximum Gasteiger partial charge on any atom is 0.294 e. The van der Waals surface area contributed by atoms with E-state index in [0.717, 1.165) is 0 Å². The third-order valence-corrected chi connectivity index (χ3v) is 4.52. The van der Waals surface area contributed by atoms with Crippen molar-refractivity contribution in [2.45, 2.75) is 6.54 Å². The van der Waals surface area contributed by atoms with Gasteiger partial charge in [0.15, 0.2) is 17.1 Å². The Balaban J connectivity index is 1.60. The molecule has 0 aliphatic heterocycles. The highest BCUT2D eigenvalue weighted by molar-refractivity contribution is 5.76. The predicted molar refractivity (Wildman–Crippen MR) is 108 cm³/mol. The van der Waals surface area contributed by atoms with Crippen LogP contribution < -0.4 is 15.0 Å². The molecule has 0 unspecified atom stereocenters. The first-order valence-corrected chi connectivity index (χ1v) is 9.03. The lowest BCUT2D eigenvalue weighted by molar-refractivity contribution is -0.384. The number of nitro benzene ring substituents is 1. The fraction of sp³-hybridized carbons (Fsp3) is 0.150. The van der Waals surface area contributed by atoms with Crippen LogP contribution in [0.2, 0.25) is 0 Å². The normalized spacial score (nSPS) is 10.8. The highest BCUT2D eigenvalue weighted by Crippen LogP contribution is 2.26. The van der Waals surface area contributed by atoms with Gasteiger partial charge in [-0.1, -0.05) is 24.3 Å². The Morgan fingerprint density at radius 1 is 1.10 bits per heavy atom. The van der Waals surface area contributed by atoms with E-state index < -0.39 is 4.92 Å². The van der Waals surface area contributed by atoms with Crippen molar-refractivity contribution in [1.29, 1.82) is 0 Å². The number of nitrogens with zero attached hydrogens (tertiary/aromatic N) is 5. The van der Waals surface area contributed by atoms with Crippen molar-refractivity contribution in [2.75, 3.05) is 13.7 Å². The van der Waals surface area contributed by atoms with Crippen LogP contribution in [0.25, 0.3) is 16.7 Å². The number of hydrogen-bond donors (Lipinski definition) is 0. The number of methoxy groups -OCH3 is 1. The Kier molecular flexibility index (Phi) is 5.12. The molecule has 0 atom stereocenters. The highest BCUT2D eigenvalue weighted by Gasteiger charge is 2.19. The molecule has 0 aliphatic rings. The van der Waals surface area contributed by atoms with E-state index in [4.69, 9.17) is 9.47 Å². The van der Waals surface area contributed by atoms with E-state index in [0.29, 0.717) is 11.5 Å². The molecule has 0 bridgehead atoms. The molecule has 0 N–H and O–H groups in total. The number of benzene rings is 2. The van der Waals surface area contributed by atoms with Crippen molar-refractivity contribution in [3.05, 3.63) is 81.5 Å². The highest BCUT2D eigenvalue weighted by atomic mass is 16.6. The van der Waals surface area contributed by atoms with Crippen LogP contribution in [-0.4, -0.2) is 38.0 Å². The molecule has 10 heteroatoms. The number of hydrogen-bond acceptors (Lipinski definition) is 7. The first kappa shape index (κ1) is 19.1. The Bertz CT molecular complexity index is 1280. The summed E-state index contributed by atoms with van der Waals surface area (Å²) in [7, 11) is 1.55. The van der Waals surface area contributed by atoms with Crippen LogP contribution in [0.5, 0.6) is 11.5 Å². The lowest BCUT2D eigenvalue weighted by atomic mass is 10.2. The van der Waals surface area contributed by atoms with Gasteiger partial charge in [-0.25, -0.2) is 9.67 Å². The van der Waals surface area contributed by atoms with Gasteiger partial charge >= 0.3 is 0 Å². The Morgan fingerprint density at radius 2 is 1.83 bits per heavy atom. The lowest BCUT2D eigenvalue weighted by Crippen LogP contribution is -2.23. The van der Waals surface area contributed by atoms with Gasteiger partial charge in [0, 0.05) is 6.07 Å². The quantitative estimate of drug-likeness (QED) is 0.342. The minimum atomic E-state index is -0.501. The minimum Gasteiger partial charge on any atom is -0.493 e. The van der Waals surface area contributed by atoms with Gasteiger partial charge in [0.2, 0.25) is 0 Å². The maximum absolute atomic E-state index is 12.8. The molecule has 2 aromatic heterocycles. The van der Waals surface area contributed by atoms with Crippen molar-refractivity contribution in [3.8, 4) is 17.2 Å². The number of aromatic nitrogens is 4. The third-order valence-electron chi connectivity index (χ3n) is 4.52. The van der Waals surface area contributed by atoms with Gasteiger partial charge in [0.1, 0.15) is 24.0 Å². The summed E-state index contributed by atoms with van der Waals surface area (Å²) in [4.78, 5) is 27.9. The average Bonchev–Trinajstić information content (AvgIpc) is 3.20. The summed E-state index contributed by atoms with van der Waals surface area (Å²) in [5.74, 6) is 1.18. The summed E-state index contributed by atoms with van der Waals surface area (Å²) in [6, 6.07) is 13.4. The molecule has 0 saturated carbocycles. The molecule has 0 radical (unpaired) electrons. The van der Waals surface area contributed by atoms with E-state index in [1.165, 1.54) is 27.8 Å². The van der Waals surface area contributed by atoms with Crippen LogP contribution in [0.1, 0.15) is 0 Å². The molecule has 4 aromatic rings. The topological polar surface area (TPSA) is 114 Å². The summed E-state index contributed by atoms with van der Waals surface area (Å²) in [6.45, 7) is 0.488. The SMILES string of the molecule is COc1ccccc1OCCn1cnc2c(cnn2-c2ccccc2[N+](=O)[O-])c1=O. The molecule has 152 valence electrons. The maximum atomic E-state index is 12.8. The largest absolute Gasteiger partial charge is 0.493 e. The zero-order valence-electron chi connectivity index (χ0n) is 16.0. The first-order valence-electron chi connectivity index (χ1n) is 9.03. The number of fused-ring (bicyclic) bond motifs is 1. The van der Waals surface area contributed by atoms with Crippen LogP contribution in [0.4, 0.5) is 5.69 Å². The minimum absolute atomic E-state index is 0.126. The molecular weight excluding hydrogens is 390 g/mol. The monoisotopic (exact) mass is 407 g/mol. The molecule has 10 nitrogen and oxygen atoms in total. The first-order chi connectivity index (χ1) is 14.6. The van der Waals surface area contributed by atoms with E-state index in [1.54, 1.807) is 37.4 Å². The van der Waals surface area contributed by atoms with Crippen molar-refractivity contribution in [1.82, 2.24) is 19.3 Å². The van der Waals surface area contributed by atoms with E-state index in [9.17, 15) is 14.9 Å². The van der Waals surface area contributed by atoms with E-state index in [1.807, 2.05) is 12.1 Å². The molecular formula is C20H17N5O5. The van der Waals surface area contributed by atoms with Crippen LogP contribution in [-0.2, 0) is 6.54 Å². The number of ether oxygens (including phenoxy) is 2. The van der Waals surface area contributed by atoms with Crippen LogP contribution in [0.3, 0.4) is 0 Å². The number of rotatable bonds is 7. The lowest BCUT2D eigenvalue weighted by Gasteiger charge is -2.11. The molecule has 30 heavy (non-hydrogen) atoms. The van der Waals surface area contributed by atoms with Crippen molar-refractivity contribution in [2.24, 2.45) is 0 Å². The number of nitro groups is 1. The summed E-state index contributed by atoms with van der Waals surface area (Å²) < 4.78 is 13.6. The molecule has 2 heterocycles. The molecule has 0 aliphatic carbocycles. The Morgan fingerprint density at radius 3 is 2.60 bits per heavy atom. The summed E-state index contributed by atoms with van der Waals surface area (Å²) in [5, 5.41) is 15.7. The van der Waals surface area contributed by atoms with Gasteiger partial charge in [-0.2, -0.15) is 5.10 Å². The summed E-state index contributed by atoms with van der Waals surface area (Å²) in [6.07, 6.45) is 2.74. The molecule has 0 spiro atoms. The molecule has 0 saturated heterocycles. The zero-order chi connectivity index (χ0) is 21.1. The zero-order valence-corrected chi connectivity index (χ0v) is 16.0. The Labute approximate surface area is 170 Å². The van der Waals surface area contributed by atoms with Gasteiger partial charge in [0.25, 0.3) is 11.2 Å². The molecule has 0 fully saturated rings. The standard InChI is InChI=1S/C20H17N5O5/c1-29-17-8-4-5-9-18(17)30-11-10-23-13-21-19-14(20(23)26)12-22-24(19)15-6-2-3-7-16(15)25(27)28/h2-9,12-13H,10-11H2,1H3. The van der Waals surface area contributed by atoms with Gasteiger partial charge in [0.05, 0.1) is 24.8 Å². The fourth-order valence-corrected chi connectivity index (χ4v) is 3.07. The Hall–Kier alpha value is -4.21. The molecule has 2 aromatic carbocycles. The van der Waals surface area contributed by atoms with Gasteiger partial charge in [-0.15, -0.1) is 0 Å². The van der Waals surface area contributed by atoms with Crippen molar-refractivity contribution in [3.63, 3.8) is 0 Å². The second-order valence-electron chi connectivity index (χ2n) is 6.28. The van der Waals surface area contributed by atoms with Crippen LogP contribution in [0.15, 0.2) is 65.8 Å². The smallest absolute Gasteiger partial charge is 0.294 e. The fourth-order valence-electron chi connectivity index (χ4n) is 3.07. The van der Waals surface area contributed by atoms with Crippen molar-refractivity contribution >= 4 is 16.7 Å².